The summed E-state index contributed by atoms with van der Waals surface area (Å²) in [4.78, 5) is 2.61. The molecule has 0 spiro atoms. The standard InChI is InChI=1S/C17H25N.ClH/c1-4-14-16-12-13-8-6-7-9-15(13)17(14,5-2)10-11-18(16)3;/h6-9,14,16H,4-5,10-12H2,1-3H3;1H. The van der Waals surface area contributed by atoms with E-state index in [1.54, 1.807) is 11.1 Å². The van der Waals surface area contributed by atoms with E-state index in [1.165, 1.54) is 32.2 Å². The fourth-order valence-electron chi connectivity index (χ4n) is 4.74. The van der Waals surface area contributed by atoms with Gasteiger partial charge in [0.15, 0.2) is 0 Å². The minimum absolute atomic E-state index is 0. The smallest absolute Gasteiger partial charge is 0.0169 e. The molecule has 0 saturated carbocycles. The Labute approximate surface area is 123 Å². The Morgan fingerprint density at radius 1 is 1.26 bits per heavy atom. The van der Waals surface area contributed by atoms with Gasteiger partial charge in [-0.1, -0.05) is 44.5 Å². The van der Waals surface area contributed by atoms with Crippen LogP contribution in [0.3, 0.4) is 0 Å². The maximum absolute atomic E-state index is 2.61. The average molecular weight is 280 g/mol. The van der Waals surface area contributed by atoms with Gasteiger partial charge in [0.2, 0.25) is 0 Å². The predicted octanol–water partition coefficient (Wildman–Crippen LogP) is 4.04. The van der Waals surface area contributed by atoms with Crippen LogP contribution in [0.5, 0.6) is 0 Å². The molecule has 3 atom stereocenters. The normalized spacial score (nSPS) is 33.4. The zero-order valence-corrected chi connectivity index (χ0v) is 13.2. The van der Waals surface area contributed by atoms with Crippen molar-refractivity contribution in [2.24, 2.45) is 5.92 Å². The van der Waals surface area contributed by atoms with Crippen LogP contribution in [0.4, 0.5) is 0 Å². The first-order valence-electron chi connectivity index (χ1n) is 7.51. The molecule has 1 saturated heterocycles. The monoisotopic (exact) mass is 279 g/mol. The molecule has 2 heteroatoms. The fourth-order valence-corrected chi connectivity index (χ4v) is 4.74. The number of piperidine rings is 1. The maximum Gasteiger partial charge on any atom is 0.0169 e. The molecule has 0 N–H and O–H groups in total. The third-order valence-electron chi connectivity index (χ3n) is 5.70. The molecule has 0 radical (unpaired) electrons. The Morgan fingerprint density at radius 3 is 2.68 bits per heavy atom. The fraction of sp³-hybridized carbons (Fsp3) is 0.647. The zero-order valence-electron chi connectivity index (χ0n) is 12.4. The molecule has 0 amide bonds. The molecule has 19 heavy (non-hydrogen) atoms. The van der Waals surface area contributed by atoms with E-state index in [4.69, 9.17) is 0 Å². The molecule has 1 heterocycles. The molecule has 1 aromatic carbocycles. The molecule has 2 aliphatic rings. The van der Waals surface area contributed by atoms with Gasteiger partial charge in [-0.3, -0.25) is 0 Å². The number of likely N-dealkylation sites (N-methyl/N-ethyl adjacent to an activating group) is 1. The number of hydrogen-bond acceptors (Lipinski definition) is 1. The van der Waals surface area contributed by atoms with Gasteiger partial charge >= 0.3 is 0 Å². The third-order valence-corrected chi connectivity index (χ3v) is 5.70. The average Bonchev–Trinajstić information content (AvgIpc) is 2.42. The minimum atomic E-state index is 0. The van der Waals surface area contributed by atoms with Crippen LogP contribution in [-0.4, -0.2) is 24.5 Å². The largest absolute Gasteiger partial charge is 0.303 e. The molecule has 1 nitrogen and oxygen atoms in total. The summed E-state index contributed by atoms with van der Waals surface area (Å²) in [5.74, 6) is 0.844. The number of halogens is 1. The third kappa shape index (κ3) is 2.02. The first-order chi connectivity index (χ1) is 8.73. The summed E-state index contributed by atoms with van der Waals surface area (Å²) >= 11 is 0. The summed E-state index contributed by atoms with van der Waals surface area (Å²) in [7, 11) is 2.32. The van der Waals surface area contributed by atoms with Gasteiger partial charge in [0.1, 0.15) is 0 Å². The van der Waals surface area contributed by atoms with Crippen molar-refractivity contribution in [2.75, 3.05) is 13.6 Å². The number of benzene rings is 1. The van der Waals surface area contributed by atoms with Crippen molar-refractivity contribution >= 4 is 12.4 Å². The summed E-state index contributed by atoms with van der Waals surface area (Å²) in [5.41, 5.74) is 3.74. The van der Waals surface area contributed by atoms with Gasteiger partial charge in [0.25, 0.3) is 0 Å². The van der Waals surface area contributed by atoms with Gasteiger partial charge in [-0.15, -0.1) is 12.4 Å². The molecular weight excluding hydrogens is 254 g/mol. The number of fused-ring (bicyclic) bond motifs is 4. The van der Waals surface area contributed by atoms with Crippen molar-refractivity contribution in [3.05, 3.63) is 35.4 Å². The quantitative estimate of drug-likeness (QED) is 0.790. The lowest BCUT2D eigenvalue weighted by molar-refractivity contribution is 0.0259. The zero-order chi connectivity index (χ0) is 12.8. The van der Waals surface area contributed by atoms with Crippen molar-refractivity contribution in [1.29, 1.82) is 0 Å². The van der Waals surface area contributed by atoms with E-state index in [9.17, 15) is 0 Å². The van der Waals surface area contributed by atoms with E-state index in [-0.39, 0.29) is 12.4 Å². The molecule has 1 aromatic rings. The lowest BCUT2D eigenvalue weighted by Gasteiger charge is -2.56. The Morgan fingerprint density at radius 2 is 2.00 bits per heavy atom. The molecule has 2 bridgehead atoms. The van der Waals surface area contributed by atoms with Crippen molar-refractivity contribution in [3.8, 4) is 0 Å². The highest BCUT2D eigenvalue weighted by Gasteiger charge is 2.50. The van der Waals surface area contributed by atoms with E-state index in [1.807, 2.05) is 0 Å². The number of hydrogen-bond donors (Lipinski definition) is 0. The predicted molar refractivity (Wildman–Crippen MR) is 84.2 cm³/mol. The molecule has 3 unspecified atom stereocenters. The van der Waals surface area contributed by atoms with Gasteiger partial charge in [-0.05, 0) is 49.9 Å². The van der Waals surface area contributed by atoms with Crippen LogP contribution in [0.1, 0.15) is 44.2 Å². The lowest BCUT2D eigenvalue weighted by Crippen LogP contribution is -2.58. The van der Waals surface area contributed by atoms with E-state index in [0.717, 1.165) is 12.0 Å². The highest BCUT2D eigenvalue weighted by atomic mass is 35.5. The molecule has 1 aliphatic carbocycles. The summed E-state index contributed by atoms with van der Waals surface area (Å²) in [6.45, 7) is 6.05. The topological polar surface area (TPSA) is 3.24 Å². The Bertz CT molecular complexity index is 445. The minimum Gasteiger partial charge on any atom is -0.303 e. The molecule has 3 rings (SSSR count). The second-order valence-electron chi connectivity index (χ2n) is 6.18. The summed E-state index contributed by atoms with van der Waals surface area (Å²) in [6, 6.07) is 9.98. The van der Waals surface area contributed by atoms with Crippen LogP contribution in [-0.2, 0) is 11.8 Å². The van der Waals surface area contributed by atoms with Crippen molar-refractivity contribution in [2.45, 2.75) is 51.0 Å². The van der Waals surface area contributed by atoms with Crippen molar-refractivity contribution in [1.82, 2.24) is 4.90 Å². The van der Waals surface area contributed by atoms with Crippen molar-refractivity contribution < 1.29 is 0 Å². The first kappa shape index (κ1) is 14.9. The van der Waals surface area contributed by atoms with Gasteiger partial charge < -0.3 is 4.90 Å². The molecular formula is C17H26ClN. The van der Waals surface area contributed by atoms with Crippen LogP contribution in [0.15, 0.2) is 24.3 Å². The summed E-state index contributed by atoms with van der Waals surface area (Å²) in [5, 5.41) is 0. The number of likely N-dealkylation sites (tertiary alicyclic amines) is 1. The second kappa shape index (κ2) is 5.46. The molecule has 1 aliphatic heterocycles. The molecule has 1 fully saturated rings. The molecule has 106 valence electrons. The van der Waals surface area contributed by atoms with Crippen LogP contribution in [0.25, 0.3) is 0 Å². The second-order valence-corrected chi connectivity index (χ2v) is 6.18. The maximum atomic E-state index is 2.61. The highest BCUT2D eigenvalue weighted by Crippen LogP contribution is 2.51. The van der Waals surface area contributed by atoms with E-state index >= 15 is 0 Å². The highest BCUT2D eigenvalue weighted by molar-refractivity contribution is 5.85. The first-order valence-corrected chi connectivity index (χ1v) is 7.51. The van der Waals surface area contributed by atoms with E-state index in [0.29, 0.717) is 5.41 Å². The van der Waals surface area contributed by atoms with Crippen LogP contribution >= 0.6 is 12.4 Å². The number of nitrogens with zero attached hydrogens (tertiary/aromatic N) is 1. The van der Waals surface area contributed by atoms with Crippen LogP contribution < -0.4 is 0 Å². The van der Waals surface area contributed by atoms with Gasteiger partial charge in [0, 0.05) is 11.5 Å². The summed E-state index contributed by atoms with van der Waals surface area (Å²) < 4.78 is 0. The summed E-state index contributed by atoms with van der Waals surface area (Å²) in [6.07, 6.45) is 5.21. The van der Waals surface area contributed by atoms with Gasteiger partial charge in [0.05, 0.1) is 0 Å². The SMILES string of the molecule is CCC1C2Cc3ccccc3C1(CC)CCN2C.Cl. The Hall–Kier alpha value is -0.530. The van der Waals surface area contributed by atoms with E-state index in [2.05, 4.69) is 50.1 Å². The van der Waals surface area contributed by atoms with E-state index < -0.39 is 0 Å². The Kier molecular flexibility index (Phi) is 4.27. The van der Waals surface area contributed by atoms with Crippen LogP contribution in [0.2, 0.25) is 0 Å². The van der Waals surface area contributed by atoms with Crippen molar-refractivity contribution in [3.63, 3.8) is 0 Å². The number of rotatable bonds is 2. The van der Waals surface area contributed by atoms with Gasteiger partial charge in [-0.2, -0.15) is 0 Å². The van der Waals surface area contributed by atoms with Gasteiger partial charge in [-0.25, -0.2) is 0 Å². The molecule has 0 aromatic heterocycles. The Balaban J connectivity index is 0.00000133. The lowest BCUT2D eigenvalue weighted by atomic mass is 9.55. The van der Waals surface area contributed by atoms with Crippen LogP contribution in [0, 0.1) is 5.92 Å².